The Morgan fingerprint density at radius 2 is 0.685 bits per heavy atom. The van der Waals surface area contributed by atoms with Crippen LogP contribution in [0.4, 0.5) is 0 Å². The van der Waals surface area contributed by atoms with Crippen molar-refractivity contribution in [1.29, 1.82) is 0 Å². The number of aliphatic hydroxyl groups is 2. The fraction of sp³-hybridized carbons (Fsp3) is 0.424. The lowest BCUT2D eigenvalue weighted by Crippen LogP contribution is -2.62. The second-order valence-electron chi connectivity index (χ2n) is 31.5. The third-order valence-electron chi connectivity index (χ3n) is 19.7. The molecular formula is C85H110N18O23S. The Labute approximate surface area is 734 Å². The molecule has 1 aromatic heterocycles. The minimum absolute atomic E-state index is 0.103. The number of nitrogens with one attached hydrogen (secondary N) is 16. The molecule has 0 unspecified atom stereocenters. The molecule has 1 saturated heterocycles. The predicted molar refractivity (Wildman–Crippen MR) is 458 cm³/mol. The molecule has 2 heterocycles. The van der Waals surface area contributed by atoms with Crippen molar-refractivity contribution in [3.8, 4) is 28.7 Å². The molecule has 5 aromatic carbocycles. The topological polar surface area (TPSA) is 650 Å². The van der Waals surface area contributed by atoms with Gasteiger partial charge in [-0.2, -0.15) is 0 Å². The molecule has 1 aliphatic rings. The van der Waals surface area contributed by atoms with Crippen LogP contribution < -0.4 is 85.5 Å². The van der Waals surface area contributed by atoms with E-state index in [1.807, 2.05) is 0 Å². The number of primary amides is 1. The number of carbonyl (C=O) groups is 16. The van der Waals surface area contributed by atoms with Crippen molar-refractivity contribution >= 4 is 106 Å². The lowest BCUT2D eigenvalue weighted by molar-refractivity contribution is -0.136. The van der Waals surface area contributed by atoms with Crippen molar-refractivity contribution in [2.75, 3.05) is 44.4 Å². The summed E-state index contributed by atoms with van der Waals surface area (Å²) in [5.74, 6) is -20.0. The zero-order chi connectivity index (χ0) is 93.1. The summed E-state index contributed by atoms with van der Waals surface area (Å²) >= 11 is 0.742. The van der Waals surface area contributed by atoms with Gasteiger partial charge in [-0.15, -0.1) is 11.8 Å². The van der Waals surface area contributed by atoms with Gasteiger partial charge in [0.2, 0.25) is 94.5 Å². The van der Waals surface area contributed by atoms with Crippen LogP contribution in [0.15, 0.2) is 134 Å². The molecule has 0 radical (unpaired) electrons. The number of aromatic hydroxyl groups is 5. The number of benzene rings is 5. The van der Waals surface area contributed by atoms with Gasteiger partial charge in [-0.1, -0.05) is 102 Å². The fourth-order valence-corrected chi connectivity index (χ4v) is 13.9. The highest BCUT2D eigenvalue weighted by atomic mass is 32.2. The summed E-state index contributed by atoms with van der Waals surface area (Å²) in [4.78, 5) is 236. The van der Waals surface area contributed by atoms with E-state index in [1.165, 1.54) is 134 Å². The normalized spacial score (nSPS) is 22.5. The molecule has 0 spiro atoms. The van der Waals surface area contributed by atoms with Gasteiger partial charge in [-0.3, -0.25) is 76.7 Å². The largest absolute Gasteiger partial charge is 0.508 e. The molecule has 0 aliphatic carbocycles. The summed E-state index contributed by atoms with van der Waals surface area (Å²) in [6, 6.07) is 7.33. The second-order valence-corrected chi connectivity index (χ2v) is 32.5. The minimum Gasteiger partial charge on any atom is -0.508 e. The van der Waals surface area contributed by atoms with Crippen LogP contribution in [0.3, 0.4) is 0 Å². The smallest absolute Gasteiger partial charge is 0.245 e. The first-order valence-corrected chi connectivity index (χ1v) is 41.9. The fourth-order valence-electron chi connectivity index (χ4n) is 13.0. The van der Waals surface area contributed by atoms with E-state index in [0.717, 1.165) is 11.8 Å². The van der Waals surface area contributed by atoms with Crippen molar-refractivity contribution < 1.29 is 112 Å². The van der Waals surface area contributed by atoms with E-state index in [1.54, 1.807) is 41.5 Å². The molecule has 16 amide bonds. The summed E-state index contributed by atoms with van der Waals surface area (Å²) in [6.07, 6.45) is 0.246. The number of amides is 16. The van der Waals surface area contributed by atoms with Gasteiger partial charge in [0, 0.05) is 50.5 Å². The third kappa shape index (κ3) is 33.9. The summed E-state index contributed by atoms with van der Waals surface area (Å²) < 4.78 is 0. The molecule has 127 heavy (non-hydrogen) atoms. The van der Waals surface area contributed by atoms with Crippen LogP contribution in [0, 0.1) is 17.8 Å². The third-order valence-corrected chi connectivity index (χ3v) is 20.7. The first kappa shape index (κ1) is 100. The van der Waals surface area contributed by atoms with E-state index in [9.17, 15) is 98.1 Å². The molecule has 1 fully saturated rings. The predicted octanol–water partition coefficient (Wildman–Crippen LogP) is -4.18. The Morgan fingerprint density at radius 1 is 0.386 bits per heavy atom. The number of imidazole rings is 1. The second kappa shape index (κ2) is 49.6. The number of phenols is 5. The van der Waals surface area contributed by atoms with E-state index < -0.39 is 236 Å². The average Bonchev–Trinajstić information content (AvgIpc) is 1.13. The number of hydrogen-bond donors (Lipinski definition) is 24. The number of aliphatic hydroxyl groups excluding tert-OH is 2. The average molecular weight is 1780 g/mol. The molecule has 0 bridgehead atoms. The highest BCUT2D eigenvalue weighted by Gasteiger charge is 2.39. The number of nitrogens with zero attached hydrogens (tertiary/aromatic N) is 1. The SMILES string of the molecule is CC(C)C[C@@H]1NC(=O)[C@H](CO)NC(=O)CNC(=O)[C@H](Cc2ccc(O)cc2)NC(=O)[C@H](CC(C)C)NC(=O)[C@H](CO)NC(=O)[C@H](Cc2ccc(O)cc2)NC(=O)[C@H](Cc2ccc(O)cc2)NC(=O)[C@H](Cc2ccc(O)cc2)NC(=O)[C@H](C(C)C)NC(=O)[C@H](Cc2c[nH]cn2)NC(=O)[C@H](Cc2ccc(O)cc2)NC(=O)CSC[C@@H](C(=O)NCC(N)=O)NC(=O)CNC1=O. The van der Waals surface area contributed by atoms with E-state index in [4.69, 9.17) is 5.73 Å². The lowest BCUT2D eigenvalue weighted by Gasteiger charge is -2.29. The van der Waals surface area contributed by atoms with Crippen molar-refractivity contribution in [3.63, 3.8) is 0 Å². The number of H-pyrrole nitrogens is 1. The number of aromatic amines is 1. The number of carbonyl (C=O) groups excluding carboxylic acids is 16. The van der Waals surface area contributed by atoms with Crippen LogP contribution in [0.2, 0.25) is 0 Å². The van der Waals surface area contributed by atoms with Gasteiger partial charge in [0.15, 0.2) is 0 Å². The van der Waals surface area contributed by atoms with Gasteiger partial charge in [-0.05, 0) is 119 Å². The molecule has 41 nitrogen and oxygen atoms in total. The van der Waals surface area contributed by atoms with E-state index >= 15 is 14.4 Å². The molecule has 42 heteroatoms. The standard InChI is InChI=1S/C85H110N18O23S/c1-44(2)27-58-74(115)89-38-71(113)94-68(76(117)88-36-69(86)111)41-127-42-72(114)92-61(30-48-9-19-54(107)20-10-48)78(119)100-65(34-52-35-87-43-91-52)82(123)103-73(46(5)6)85(126)101-64(33-51-15-25-57(110)26-16-51)80(121)98-62(31-49-11-21-55(108)22-12-49)79(120)99-63(32-50-13-23-56(109)24-14-50)81(122)102-67(40-105)84(125)96-59(28-45(3)4)77(118)97-60(29-47-7-17-53(106)18-8-47)75(116)90-37-70(112)93-66(39-104)83(124)95-58/h7-26,35,43-46,58-68,73,104-110H,27-34,36-42H2,1-6H3,(H2,86,111)(H,87,91)(H,88,117)(H,89,115)(H,90,116)(H,92,114)(H,93,112)(H,94,113)(H,95,124)(H,96,125)(H,97,118)(H,98,121)(H,99,120)(H,100,119)(H,101,126)(H,102,122)(H,103,123)/t58-,59-,60-,61-,62-,63-,64-,65-,66-,67-,68-,73-/m0/s1. The Kier molecular flexibility index (Phi) is 39.1. The van der Waals surface area contributed by atoms with E-state index in [0.29, 0.717) is 27.8 Å². The van der Waals surface area contributed by atoms with Crippen molar-refractivity contribution in [1.82, 2.24) is 89.7 Å². The van der Waals surface area contributed by atoms with Gasteiger partial charge in [-0.25, -0.2) is 4.98 Å². The monoisotopic (exact) mass is 1780 g/mol. The summed E-state index contributed by atoms with van der Waals surface area (Å²) in [5, 5.41) is 110. The Morgan fingerprint density at radius 3 is 1.05 bits per heavy atom. The van der Waals surface area contributed by atoms with Gasteiger partial charge in [0.25, 0.3) is 0 Å². The van der Waals surface area contributed by atoms with Gasteiger partial charge >= 0.3 is 0 Å². The minimum atomic E-state index is -1.92. The zero-order valence-corrected chi connectivity index (χ0v) is 71.4. The maximum absolute atomic E-state index is 15.3. The molecule has 25 N–H and O–H groups in total. The summed E-state index contributed by atoms with van der Waals surface area (Å²) in [6.45, 7) is 5.08. The zero-order valence-electron chi connectivity index (χ0n) is 70.6. The van der Waals surface area contributed by atoms with Crippen LogP contribution in [0.1, 0.15) is 87.9 Å². The highest BCUT2D eigenvalue weighted by Crippen LogP contribution is 2.21. The number of phenolic OH excluding ortho intramolecular Hbond substituents is 5. The number of thioether (sulfide) groups is 1. The van der Waals surface area contributed by atoms with Gasteiger partial charge in [0.1, 0.15) is 101 Å². The Balaban J connectivity index is 1.28. The summed E-state index contributed by atoms with van der Waals surface area (Å²) in [5.41, 5.74) is 7.18. The molecule has 684 valence electrons. The van der Waals surface area contributed by atoms with Crippen LogP contribution >= 0.6 is 11.8 Å². The Bertz CT molecular complexity index is 4780. The first-order chi connectivity index (χ1) is 60.3. The lowest BCUT2D eigenvalue weighted by atomic mass is 9.99. The molecule has 1 aliphatic heterocycles. The summed E-state index contributed by atoms with van der Waals surface area (Å²) in [7, 11) is 0. The van der Waals surface area contributed by atoms with Crippen molar-refractivity contribution in [2.45, 2.75) is 165 Å². The molecular weight excluding hydrogens is 1670 g/mol. The van der Waals surface area contributed by atoms with Gasteiger partial charge < -0.3 is 126 Å². The molecule has 7 rings (SSSR count). The van der Waals surface area contributed by atoms with E-state index in [2.05, 4.69) is 89.7 Å². The van der Waals surface area contributed by atoms with Crippen molar-refractivity contribution in [3.05, 3.63) is 167 Å². The molecule has 6 aromatic rings. The Hall–Kier alpha value is -13.9. The first-order valence-electron chi connectivity index (χ1n) is 40.7. The van der Waals surface area contributed by atoms with Crippen LogP contribution in [0.25, 0.3) is 0 Å². The van der Waals surface area contributed by atoms with Crippen molar-refractivity contribution in [2.24, 2.45) is 23.5 Å². The van der Waals surface area contributed by atoms with E-state index in [-0.39, 0.29) is 78.9 Å². The number of aromatic nitrogens is 2. The molecule has 12 atom stereocenters. The highest BCUT2D eigenvalue weighted by molar-refractivity contribution is 8.00. The maximum atomic E-state index is 15.3. The number of hydrogen-bond acceptors (Lipinski definition) is 25. The quantitative estimate of drug-likeness (QED) is 0.0307. The van der Waals surface area contributed by atoms with Crippen LogP contribution in [-0.2, 0) is 115 Å². The molecule has 0 saturated carbocycles. The maximum Gasteiger partial charge on any atom is 0.245 e. The number of rotatable bonds is 22. The van der Waals surface area contributed by atoms with Crippen LogP contribution in [0.5, 0.6) is 28.7 Å². The van der Waals surface area contributed by atoms with Crippen LogP contribution in [-0.4, -0.2) is 257 Å². The van der Waals surface area contributed by atoms with Gasteiger partial charge in [0.05, 0.1) is 50.6 Å². The number of nitrogens with two attached hydrogens (primary N) is 1.